The fourth-order valence-electron chi connectivity index (χ4n) is 6.78. The SMILES string of the molecule is CC12CCC3C(CNC4CCCCC43C)C1CCC2O. The molecule has 0 radical (unpaired) electrons. The molecule has 2 heteroatoms. The van der Waals surface area contributed by atoms with Crippen molar-refractivity contribution in [3.63, 3.8) is 0 Å². The van der Waals surface area contributed by atoms with Crippen LogP contribution in [0.5, 0.6) is 0 Å². The summed E-state index contributed by atoms with van der Waals surface area (Å²) in [5, 5.41) is 14.4. The number of rotatable bonds is 0. The van der Waals surface area contributed by atoms with Crippen LogP contribution in [0.25, 0.3) is 0 Å². The van der Waals surface area contributed by atoms with E-state index in [-0.39, 0.29) is 11.5 Å². The van der Waals surface area contributed by atoms with Gasteiger partial charge in [0.25, 0.3) is 0 Å². The lowest BCUT2D eigenvalue weighted by atomic mass is 9.49. The van der Waals surface area contributed by atoms with Gasteiger partial charge in [0.2, 0.25) is 0 Å². The summed E-state index contributed by atoms with van der Waals surface area (Å²) in [6.07, 6.45) is 10.6. The fourth-order valence-corrected chi connectivity index (χ4v) is 6.78. The minimum absolute atomic E-state index is 0.0367. The minimum Gasteiger partial charge on any atom is -0.393 e. The molecule has 0 spiro atoms. The highest BCUT2D eigenvalue weighted by Crippen LogP contribution is 2.62. The molecule has 3 aliphatic carbocycles. The van der Waals surface area contributed by atoms with Gasteiger partial charge in [-0.1, -0.05) is 26.7 Å². The van der Waals surface area contributed by atoms with Crippen molar-refractivity contribution < 1.29 is 5.11 Å². The summed E-state index contributed by atoms with van der Waals surface area (Å²) in [5.74, 6) is 2.51. The number of hydrogen-bond donors (Lipinski definition) is 2. The van der Waals surface area contributed by atoms with Gasteiger partial charge in [-0.15, -0.1) is 0 Å². The second-order valence-corrected chi connectivity index (χ2v) is 8.73. The molecule has 1 aliphatic heterocycles. The van der Waals surface area contributed by atoms with E-state index in [1.54, 1.807) is 0 Å². The van der Waals surface area contributed by atoms with Crippen LogP contribution in [0.2, 0.25) is 0 Å². The highest BCUT2D eigenvalue weighted by Gasteiger charge is 2.59. The summed E-state index contributed by atoms with van der Waals surface area (Å²) >= 11 is 0. The summed E-state index contributed by atoms with van der Waals surface area (Å²) in [6.45, 7) is 6.17. The zero-order valence-corrected chi connectivity index (χ0v) is 13.2. The van der Waals surface area contributed by atoms with E-state index in [2.05, 4.69) is 19.2 Å². The number of nitrogens with one attached hydrogen (secondary N) is 1. The van der Waals surface area contributed by atoms with Gasteiger partial charge in [-0.2, -0.15) is 0 Å². The van der Waals surface area contributed by atoms with Crippen LogP contribution in [0.4, 0.5) is 0 Å². The van der Waals surface area contributed by atoms with E-state index < -0.39 is 0 Å². The van der Waals surface area contributed by atoms with Gasteiger partial charge in [-0.25, -0.2) is 0 Å². The van der Waals surface area contributed by atoms with Gasteiger partial charge in [-0.05, 0) is 73.7 Å². The zero-order chi connectivity index (χ0) is 14.0. The van der Waals surface area contributed by atoms with Gasteiger partial charge in [0.15, 0.2) is 0 Å². The second kappa shape index (κ2) is 4.46. The van der Waals surface area contributed by atoms with E-state index in [9.17, 15) is 5.11 Å². The molecule has 0 aromatic carbocycles. The van der Waals surface area contributed by atoms with Crippen LogP contribution in [-0.4, -0.2) is 23.8 Å². The quantitative estimate of drug-likeness (QED) is 0.712. The lowest BCUT2D eigenvalue weighted by Gasteiger charge is -2.60. The molecule has 1 heterocycles. The van der Waals surface area contributed by atoms with Gasteiger partial charge in [-0.3, -0.25) is 0 Å². The Kier molecular flexibility index (Phi) is 3.03. The normalized spacial score (nSPS) is 58.6. The lowest BCUT2D eigenvalue weighted by molar-refractivity contribution is -0.104. The largest absolute Gasteiger partial charge is 0.393 e. The Hall–Kier alpha value is -0.0800. The zero-order valence-electron chi connectivity index (χ0n) is 13.2. The molecular weight excluding hydrogens is 246 g/mol. The van der Waals surface area contributed by atoms with E-state index >= 15 is 0 Å². The van der Waals surface area contributed by atoms with Gasteiger partial charge in [0.05, 0.1) is 6.10 Å². The smallest absolute Gasteiger partial charge is 0.0596 e. The molecule has 20 heavy (non-hydrogen) atoms. The van der Waals surface area contributed by atoms with Crippen molar-refractivity contribution >= 4 is 0 Å². The summed E-state index contributed by atoms with van der Waals surface area (Å²) in [4.78, 5) is 0. The van der Waals surface area contributed by atoms with Crippen molar-refractivity contribution in [2.24, 2.45) is 28.6 Å². The Labute approximate surface area is 123 Å². The highest BCUT2D eigenvalue weighted by molar-refractivity contribution is 5.10. The average Bonchev–Trinajstić information content (AvgIpc) is 2.74. The lowest BCUT2D eigenvalue weighted by Crippen LogP contribution is -2.62. The molecule has 0 aromatic heterocycles. The number of fused-ring (bicyclic) bond motifs is 5. The topological polar surface area (TPSA) is 32.3 Å². The van der Waals surface area contributed by atoms with Crippen LogP contribution in [0.15, 0.2) is 0 Å². The molecule has 2 N–H and O–H groups in total. The minimum atomic E-state index is -0.0367. The van der Waals surface area contributed by atoms with E-state index in [4.69, 9.17) is 0 Å². The molecule has 0 bridgehead atoms. The van der Waals surface area contributed by atoms with Crippen LogP contribution in [0.1, 0.15) is 65.2 Å². The fraction of sp³-hybridized carbons (Fsp3) is 1.00. The van der Waals surface area contributed by atoms with Gasteiger partial charge >= 0.3 is 0 Å². The van der Waals surface area contributed by atoms with Gasteiger partial charge in [0, 0.05) is 6.04 Å². The van der Waals surface area contributed by atoms with Crippen molar-refractivity contribution in [3.8, 4) is 0 Å². The van der Waals surface area contributed by atoms with Crippen LogP contribution in [-0.2, 0) is 0 Å². The first-order valence-corrected chi connectivity index (χ1v) is 8.97. The molecule has 7 unspecified atom stereocenters. The van der Waals surface area contributed by atoms with Crippen LogP contribution in [0, 0.1) is 28.6 Å². The first-order chi connectivity index (χ1) is 9.56. The molecule has 4 aliphatic rings. The van der Waals surface area contributed by atoms with Crippen molar-refractivity contribution in [1.29, 1.82) is 0 Å². The third kappa shape index (κ3) is 1.64. The summed E-state index contributed by atoms with van der Waals surface area (Å²) < 4.78 is 0. The van der Waals surface area contributed by atoms with E-state index in [0.29, 0.717) is 5.41 Å². The van der Waals surface area contributed by atoms with Crippen molar-refractivity contribution in [2.75, 3.05) is 6.54 Å². The second-order valence-electron chi connectivity index (χ2n) is 8.73. The molecule has 1 saturated heterocycles. The third-order valence-electron chi connectivity index (χ3n) is 8.09. The maximum atomic E-state index is 10.5. The molecule has 114 valence electrons. The van der Waals surface area contributed by atoms with E-state index in [1.165, 1.54) is 51.5 Å². The Balaban J connectivity index is 1.64. The molecule has 0 amide bonds. The Morgan fingerprint density at radius 1 is 0.900 bits per heavy atom. The van der Waals surface area contributed by atoms with Gasteiger partial charge in [0.1, 0.15) is 0 Å². The number of aliphatic hydroxyl groups is 1. The number of hydrogen-bond acceptors (Lipinski definition) is 2. The number of piperidine rings is 1. The Morgan fingerprint density at radius 3 is 2.55 bits per heavy atom. The molecule has 3 saturated carbocycles. The number of aliphatic hydroxyl groups excluding tert-OH is 1. The first-order valence-electron chi connectivity index (χ1n) is 8.97. The standard InChI is InChI=1S/C18H31NO/c1-17-9-4-3-5-15(17)19-11-12-13-6-7-16(20)18(13,2)10-8-14(12)17/h12-16,19-20H,3-11H2,1-2H3. The summed E-state index contributed by atoms with van der Waals surface area (Å²) in [5.41, 5.74) is 0.761. The maximum absolute atomic E-state index is 10.5. The van der Waals surface area contributed by atoms with Crippen LogP contribution < -0.4 is 5.32 Å². The average molecular weight is 277 g/mol. The monoisotopic (exact) mass is 277 g/mol. The molecule has 2 nitrogen and oxygen atoms in total. The maximum Gasteiger partial charge on any atom is 0.0596 e. The Bertz CT molecular complexity index is 397. The Morgan fingerprint density at radius 2 is 1.70 bits per heavy atom. The summed E-state index contributed by atoms with van der Waals surface area (Å²) in [7, 11) is 0. The van der Waals surface area contributed by atoms with Crippen molar-refractivity contribution in [1.82, 2.24) is 5.32 Å². The van der Waals surface area contributed by atoms with Crippen LogP contribution >= 0.6 is 0 Å². The predicted octanol–water partition coefficient (Wildman–Crippen LogP) is 3.34. The third-order valence-corrected chi connectivity index (χ3v) is 8.09. The van der Waals surface area contributed by atoms with Crippen molar-refractivity contribution in [2.45, 2.75) is 77.4 Å². The highest BCUT2D eigenvalue weighted by atomic mass is 16.3. The molecule has 4 rings (SSSR count). The van der Waals surface area contributed by atoms with Crippen molar-refractivity contribution in [3.05, 3.63) is 0 Å². The van der Waals surface area contributed by atoms with Gasteiger partial charge < -0.3 is 10.4 Å². The van der Waals surface area contributed by atoms with E-state index in [1.807, 2.05) is 0 Å². The first kappa shape index (κ1) is 13.6. The van der Waals surface area contributed by atoms with E-state index in [0.717, 1.165) is 30.2 Å². The van der Waals surface area contributed by atoms with Crippen LogP contribution in [0.3, 0.4) is 0 Å². The molecule has 7 atom stereocenters. The molecular formula is C18H31NO. The molecule has 4 fully saturated rings. The predicted molar refractivity (Wildman–Crippen MR) is 81.4 cm³/mol. The summed E-state index contributed by atoms with van der Waals surface area (Å²) in [6, 6.07) is 0.771. The molecule has 0 aromatic rings.